The molecule has 2 rings (SSSR count). The van der Waals surface area contributed by atoms with E-state index >= 15 is 0 Å². The number of rotatable bonds is 3. The third-order valence-electron chi connectivity index (χ3n) is 2.38. The summed E-state index contributed by atoms with van der Waals surface area (Å²) in [6.45, 7) is 0. The van der Waals surface area contributed by atoms with Crippen LogP contribution in [0.2, 0.25) is 0 Å². The molecule has 1 N–H and O–H groups in total. The second kappa shape index (κ2) is 4.03. The fourth-order valence-electron chi connectivity index (χ4n) is 1.62. The Morgan fingerprint density at radius 3 is 2.80 bits per heavy atom. The van der Waals surface area contributed by atoms with Crippen LogP contribution < -0.4 is 5.32 Å². The van der Waals surface area contributed by atoms with Crippen molar-refractivity contribution in [2.45, 2.75) is 12.8 Å². The van der Waals surface area contributed by atoms with Crippen molar-refractivity contribution in [1.29, 1.82) is 0 Å². The number of halogens is 1. The lowest BCUT2D eigenvalue weighted by Crippen LogP contribution is -2.12. The molecule has 78 valence electrons. The number of nitrogens with one attached hydrogen (secondary N) is 1. The van der Waals surface area contributed by atoms with Crippen LogP contribution in [0.25, 0.3) is 0 Å². The summed E-state index contributed by atoms with van der Waals surface area (Å²) in [5.74, 6) is -0.389. The molecule has 0 aliphatic carbocycles. The summed E-state index contributed by atoms with van der Waals surface area (Å²) in [7, 11) is 0. The number of alkyl halides is 1. The Kier molecular flexibility index (Phi) is 2.73. The van der Waals surface area contributed by atoms with Crippen molar-refractivity contribution in [3.8, 4) is 0 Å². The van der Waals surface area contributed by atoms with E-state index in [0.29, 0.717) is 17.1 Å². The average molecular weight is 224 g/mol. The number of benzene rings is 1. The molecule has 0 atom stereocenters. The summed E-state index contributed by atoms with van der Waals surface area (Å²) in [4.78, 5) is 22.5. The highest BCUT2D eigenvalue weighted by Crippen LogP contribution is 2.24. The van der Waals surface area contributed by atoms with Crippen molar-refractivity contribution < 1.29 is 9.59 Å². The van der Waals surface area contributed by atoms with Gasteiger partial charge < -0.3 is 5.32 Å². The molecule has 1 amide bonds. The molecule has 1 aliphatic heterocycles. The Morgan fingerprint density at radius 2 is 2.07 bits per heavy atom. The molecule has 0 saturated heterocycles. The van der Waals surface area contributed by atoms with E-state index in [9.17, 15) is 9.59 Å². The van der Waals surface area contributed by atoms with E-state index in [1.54, 1.807) is 12.1 Å². The van der Waals surface area contributed by atoms with Crippen molar-refractivity contribution in [2.75, 3.05) is 11.2 Å². The number of carbonyl (C=O) groups excluding carboxylic acids is 2. The first-order chi connectivity index (χ1) is 7.22. The number of hydrogen-bond acceptors (Lipinski definition) is 2. The standard InChI is InChI=1S/C11H10ClNO2/c12-5-1-2-7-3-4-9-8(6-7)10(14)11(15)13-9/h3-4,6H,1-2,5H2,(H,13,14,15). The van der Waals surface area contributed by atoms with Gasteiger partial charge in [-0.2, -0.15) is 0 Å². The van der Waals surface area contributed by atoms with Crippen LogP contribution in [0, 0.1) is 0 Å². The molecular weight excluding hydrogens is 214 g/mol. The zero-order valence-corrected chi connectivity index (χ0v) is 8.80. The van der Waals surface area contributed by atoms with Crippen molar-refractivity contribution in [3.63, 3.8) is 0 Å². The lowest BCUT2D eigenvalue weighted by atomic mass is 10.0. The minimum Gasteiger partial charge on any atom is -0.318 e. The Bertz CT molecular complexity index is 429. The maximum atomic E-state index is 11.4. The Labute approximate surface area is 92.4 Å². The molecule has 4 heteroatoms. The lowest BCUT2D eigenvalue weighted by Gasteiger charge is -2.01. The summed E-state index contributed by atoms with van der Waals surface area (Å²) in [6, 6.07) is 5.44. The van der Waals surface area contributed by atoms with Gasteiger partial charge >= 0.3 is 0 Å². The molecule has 0 radical (unpaired) electrons. The van der Waals surface area contributed by atoms with E-state index < -0.39 is 11.7 Å². The Morgan fingerprint density at radius 1 is 1.27 bits per heavy atom. The molecule has 1 aromatic carbocycles. The molecule has 1 aromatic rings. The molecule has 0 fully saturated rings. The molecule has 15 heavy (non-hydrogen) atoms. The number of amides is 1. The summed E-state index contributed by atoms with van der Waals surface area (Å²) in [5, 5.41) is 2.52. The first kappa shape index (κ1) is 10.2. The van der Waals surface area contributed by atoms with Gasteiger partial charge in [0.15, 0.2) is 0 Å². The minimum absolute atomic E-state index is 0.447. The summed E-state index contributed by atoms with van der Waals surface area (Å²) < 4.78 is 0. The van der Waals surface area contributed by atoms with Crippen LogP contribution in [0.15, 0.2) is 18.2 Å². The van der Waals surface area contributed by atoms with Gasteiger partial charge in [0, 0.05) is 5.88 Å². The Balaban J connectivity index is 2.27. The summed E-state index contributed by atoms with van der Waals surface area (Å²) in [6.07, 6.45) is 1.70. The molecule has 0 saturated carbocycles. The highest BCUT2D eigenvalue weighted by atomic mass is 35.5. The topological polar surface area (TPSA) is 46.2 Å². The van der Waals surface area contributed by atoms with E-state index in [0.717, 1.165) is 18.4 Å². The van der Waals surface area contributed by atoms with Crippen LogP contribution in [0.4, 0.5) is 5.69 Å². The van der Waals surface area contributed by atoms with Crippen molar-refractivity contribution in [2.24, 2.45) is 0 Å². The molecular formula is C11H10ClNO2. The number of Topliss-reactive ketones (excluding diaryl/α,β-unsaturated/α-hetero) is 1. The molecule has 3 nitrogen and oxygen atoms in total. The van der Waals surface area contributed by atoms with Crippen LogP contribution in [-0.2, 0) is 11.2 Å². The normalized spacial score (nSPS) is 13.9. The van der Waals surface area contributed by atoms with Crippen molar-refractivity contribution in [3.05, 3.63) is 29.3 Å². The van der Waals surface area contributed by atoms with Gasteiger partial charge in [0.25, 0.3) is 11.7 Å². The molecule has 1 aliphatic rings. The first-order valence-corrected chi connectivity index (χ1v) is 5.30. The number of aryl methyl sites for hydroxylation is 1. The van der Waals surface area contributed by atoms with Crippen LogP contribution in [-0.4, -0.2) is 17.6 Å². The lowest BCUT2D eigenvalue weighted by molar-refractivity contribution is -0.112. The van der Waals surface area contributed by atoms with E-state index in [1.165, 1.54) is 0 Å². The molecule has 0 aromatic heterocycles. The van der Waals surface area contributed by atoms with Gasteiger partial charge in [0.05, 0.1) is 11.3 Å². The van der Waals surface area contributed by atoms with E-state index in [4.69, 9.17) is 11.6 Å². The molecule has 0 bridgehead atoms. The summed E-state index contributed by atoms with van der Waals surface area (Å²) >= 11 is 5.59. The second-order valence-corrected chi connectivity index (χ2v) is 3.83. The van der Waals surface area contributed by atoms with Gasteiger partial charge in [-0.25, -0.2) is 0 Å². The van der Waals surface area contributed by atoms with Crippen LogP contribution in [0.3, 0.4) is 0 Å². The van der Waals surface area contributed by atoms with Gasteiger partial charge in [0.2, 0.25) is 0 Å². The maximum Gasteiger partial charge on any atom is 0.296 e. The first-order valence-electron chi connectivity index (χ1n) is 4.77. The van der Waals surface area contributed by atoms with E-state index in [2.05, 4.69) is 5.32 Å². The second-order valence-electron chi connectivity index (χ2n) is 3.46. The van der Waals surface area contributed by atoms with Gasteiger partial charge in [-0.3, -0.25) is 9.59 Å². The van der Waals surface area contributed by atoms with Crippen LogP contribution in [0.1, 0.15) is 22.3 Å². The quantitative estimate of drug-likeness (QED) is 0.629. The van der Waals surface area contributed by atoms with E-state index in [-0.39, 0.29) is 0 Å². The molecule has 0 spiro atoms. The largest absolute Gasteiger partial charge is 0.318 e. The van der Waals surface area contributed by atoms with Gasteiger partial charge in [-0.15, -0.1) is 11.6 Å². The number of carbonyl (C=O) groups is 2. The smallest absolute Gasteiger partial charge is 0.296 e. The predicted octanol–water partition coefficient (Wildman–Crippen LogP) is 1.99. The number of anilines is 1. The number of ketones is 1. The zero-order chi connectivity index (χ0) is 10.8. The third-order valence-corrected chi connectivity index (χ3v) is 2.65. The monoisotopic (exact) mass is 223 g/mol. The fraction of sp³-hybridized carbons (Fsp3) is 0.273. The van der Waals surface area contributed by atoms with Crippen LogP contribution in [0.5, 0.6) is 0 Å². The van der Waals surface area contributed by atoms with Crippen molar-refractivity contribution >= 4 is 29.0 Å². The predicted molar refractivity (Wildman–Crippen MR) is 58.4 cm³/mol. The van der Waals surface area contributed by atoms with Gasteiger partial charge in [-0.05, 0) is 30.5 Å². The number of hydrogen-bond donors (Lipinski definition) is 1. The fourth-order valence-corrected chi connectivity index (χ4v) is 1.75. The van der Waals surface area contributed by atoms with Crippen LogP contribution >= 0.6 is 11.6 Å². The average Bonchev–Trinajstić information content (AvgIpc) is 2.52. The Hall–Kier alpha value is -1.35. The number of fused-ring (bicyclic) bond motifs is 1. The van der Waals surface area contributed by atoms with Crippen molar-refractivity contribution in [1.82, 2.24) is 0 Å². The maximum absolute atomic E-state index is 11.4. The highest BCUT2D eigenvalue weighted by molar-refractivity contribution is 6.51. The van der Waals surface area contributed by atoms with Gasteiger partial charge in [-0.1, -0.05) is 6.07 Å². The third kappa shape index (κ3) is 1.88. The minimum atomic E-state index is -0.542. The molecule has 1 heterocycles. The SMILES string of the molecule is O=C1Nc2ccc(CCCCl)cc2C1=O. The molecule has 0 unspecified atom stereocenters. The van der Waals surface area contributed by atoms with E-state index in [1.807, 2.05) is 6.07 Å². The van der Waals surface area contributed by atoms with Gasteiger partial charge in [0.1, 0.15) is 0 Å². The summed E-state index contributed by atoms with van der Waals surface area (Å²) in [5.41, 5.74) is 2.13. The zero-order valence-electron chi connectivity index (χ0n) is 8.05. The highest BCUT2D eigenvalue weighted by Gasteiger charge is 2.27.